The molecule has 0 aliphatic carbocycles. The Hall–Kier alpha value is -0.880. The van der Waals surface area contributed by atoms with Crippen LogP contribution < -0.4 is 5.32 Å². The molecule has 0 bridgehead atoms. The number of hydrogen-bond acceptors (Lipinski definition) is 3. The Labute approximate surface area is 135 Å². The number of alkyl halides is 1. The minimum atomic E-state index is -0.383. The van der Waals surface area contributed by atoms with E-state index in [1.807, 2.05) is 13.8 Å². The molecule has 1 amide bonds. The molecule has 0 fully saturated rings. The third-order valence-corrected chi connectivity index (χ3v) is 4.70. The first-order valence-electron chi connectivity index (χ1n) is 6.28. The van der Waals surface area contributed by atoms with Crippen molar-refractivity contribution in [2.45, 2.75) is 25.6 Å². The fourth-order valence-electron chi connectivity index (χ4n) is 1.46. The molecule has 1 rings (SSSR count). The van der Waals surface area contributed by atoms with Gasteiger partial charge in [0, 0.05) is 4.47 Å². The second-order valence-electron chi connectivity index (χ2n) is 4.55. The average Bonchev–Trinajstić information content (AvgIpc) is 2.40. The summed E-state index contributed by atoms with van der Waals surface area (Å²) in [6.07, 6.45) is 0. The average molecular weight is 407 g/mol. The van der Waals surface area contributed by atoms with E-state index in [0.717, 1.165) is 0 Å². The molecule has 110 valence electrons. The van der Waals surface area contributed by atoms with E-state index in [2.05, 4.69) is 37.2 Å². The van der Waals surface area contributed by atoms with Crippen molar-refractivity contribution in [2.24, 2.45) is 5.92 Å². The van der Waals surface area contributed by atoms with Gasteiger partial charge in [-0.15, -0.1) is 0 Å². The number of carbonyl (C=O) groups is 2. The summed E-state index contributed by atoms with van der Waals surface area (Å²) in [4.78, 5) is 23.3. The first-order valence-corrected chi connectivity index (χ1v) is 7.99. The molecule has 6 heteroatoms. The summed E-state index contributed by atoms with van der Waals surface area (Å²) in [5, 5.41) is 2.80. The Bertz CT molecular complexity index is 503. The van der Waals surface area contributed by atoms with Crippen LogP contribution in [0.25, 0.3) is 0 Å². The van der Waals surface area contributed by atoms with Crippen LogP contribution in [0.3, 0.4) is 0 Å². The highest BCUT2D eigenvalue weighted by molar-refractivity contribution is 9.10. The summed E-state index contributed by atoms with van der Waals surface area (Å²) in [6, 6.07) is 4.93. The molecule has 1 atom stereocenters. The van der Waals surface area contributed by atoms with E-state index in [4.69, 9.17) is 4.74 Å². The largest absolute Gasteiger partial charge is 0.462 e. The normalized spacial score (nSPS) is 12.1. The summed E-state index contributed by atoms with van der Waals surface area (Å²) in [5.74, 6) is -0.316. The third-order valence-electron chi connectivity index (χ3n) is 2.57. The molecule has 0 radical (unpaired) electrons. The highest BCUT2D eigenvalue weighted by atomic mass is 79.9. The zero-order chi connectivity index (χ0) is 15.3. The van der Waals surface area contributed by atoms with E-state index in [-0.39, 0.29) is 22.6 Å². The van der Waals surface area contributed by atoms with E-state index >= 15 is 0 Å². The molecule has 1 aromatic rings. The number of esters is 1. The smallest absolute Gasteiger partial charge is 0.338 e. The first kappa shape index (κ1) is 17.2. The lowest BCUT2D eigenvalue weighted by atomic mass is 10.1. The number of benzene rings is 1. The Kier molecular flexibility index (Phi) is 6.68. The van der Waals surface area contributed by atoms with Crippen LogP contribution >= 0.6 is 31.9 Å². The number of ether oxygens (including phenoxy) is 1. The van der Waals surface area contributed by atoms with E-state index < -0.39 is 0 Å². The topological polar surface area (TPSA) is 55.4 Å². The molecule has 0 aliphatic heterocycles. The van der Waals surface area contributed by atoms with Crippen molar-refractivity contribution in [3.63, 3.8) is 0 Å². The number of nitrogens with one attached hydrogen (secondary N) is 1. The fourth-order valence-corrected chi connectivity index (χ4v) is 2.05. The quantitative estimate of drug-likeness (QED) is 0.594. The molecule has 0 saturated carbocycles. The van der Waals surface area contributed by atoms with Gasteiger partial charge in [-0.25, -0.2) is 4.79 Å². The lowest BCUT2D eigenvalue weighted by Gasteiger charge is -2.15. The molecule has 1 N–H and O–H groups in total. The number of amides is 1. The number of rotatable bonds is 5. The van der Waals surface area contributed by atoms with Gasteiger partial charge in [-0.05, 0) is 47.0 Å². The minimum Gasteiger partial charge on any atom is -0.462 e. The lowest BCUT2D eigenvalue weighted by molar-refractivity contribution is -0.116. The van der Waals surface area contributed by atoms with Gasteiger partial charge in [-0.2, -0.15) is 0 Å². The van der Waals surface area contributed by atoms with E-state index in [0.29, 0.717) is 22.3 Å². The van der Waals surface area contributed by atoms with Gasteiger partial charge in [0.15, 0.2) is 0 Å². The van der Waals surface area contributed by atoms with Crippen LogP contribution in [0.15, 0.2) is 22.7 Å². The van der Waals surface area contributed by atoms with Crippen LogP contribution in [-0.2, 0) is 9.53 Å². The third kappa shape index (κ3) is 4.59. The summed E-state index contributed by atoms with van der Waals surface area (Å²) >= 11 is 6.69. The van der Waals surface area contributed by atoms with Crippen molar-refractivity contribution in [1.29, 1.82) is 0 Å². The van der Waals surface area contributed by atoms with Crippen molar-refractivity contribution < 1.29 is 14.3 Å². The van der Waals surface area contributed by atoms with Gasteiger partial charge in [-0.1, -0.05) is 29.8 Å². The zero-order valence-corrected chi connectivity index (χ0v) is 14.7. The fraction of sp³-hybridized carbons (Fsp3) is 0.429. The zero-order valence-electron chi connectivity index (χ0n) is 11.6. The lowest BCUT2D eigenvalue weighted by Crippen LogP contribution is -2.27. The maximum atomic E-state index is 12.0. The Morgan fingerprint density at radius 3 is 2.50 bits per heavy atom. The van der Waals surface area contributed by atoms with Crippen molar-refractivity contribution in [3.05, 3.63) is 28.2 Å². The van der Waals surface area contributed by atoms with Crippen LogP contribution in [0.4, 0.5) is 5.69 Å². The molecule has 0 spiro atoms. The van der Waals surface area contributed by atoms with Gasteiger partial charge < -0.3 is 10.1 Å². The molecule has 0 aliphatic rings. The summed E-state index contributed by atoms with van der Waals surface area (Å²) < 4.78 is 5.56. The number of carbonyl (C=O) groups excluding carboxylic acids is 2. The van der Waals surface area contributed by atoms with Crippen molar-refractivity contribution in [1.82, 2.24) is 0 Å². The molecule has 20 heavy (non-hydrogen) atoms. The van der Waals surface area contributed by atoms with E-state index in [1.165, 1.54) is 0 Å². The predicted octanol–water partition coefficient (Wildman–Crippen LogP) is 3.98. The predicted molar refractivity (Wildman–Crippen MR) is 86.3 cm³/mol. The SMILES string of the molecule is CCOC(=O)c1ccc(NC(=O)C(Br)C(C)C)c(Br)c1. The Morgan fingerprint density at radius 2 is 2.00 bits per heavy atom. The Balaban J connectivity index is 2.84. The molecule has 0 aromatic heterocycles. The van der Waals surface area contributed by atoms with Gasteiger partial charge in [-0.3, -0.25) is 4.79 Å². The van der Waals surface area contributed by atoms with Crippen molar-refractivity contribution >= 4 is 49.4 Å². The van der Waals surface area contributed by atoms with Gasteiger partial charge in [0.1, 0.15) is 0 Å². The second-order valence-corrected chi connectivity index (χ2v) is 6.39. The highest BCUT2D eigenvalue weighted by Crippen LogP contribution is 2.25. The van der Waals surface area contributed by atoms with Crippen LogP contribution in [-0.4, -0.2) is 23.3 Å². The maximum absolute atomic E-state index is 12.0. The standard InChI is InChI=1S/C14H17Br2NO3/c1-4-20-14(19)9-5-6-11(10(15)7-9)17-13(18)12(16)8(2)3/h5-8,12H,4H2,1-3H3,(H,17,18). The van der Waals surface area contributed by atoms with Crippen molar-refractivity contribution in [3.8, 4) is 0 Å². The molecule has 4 nitrogen and oxygen atoms in total. The first-order chi connectivity index (χ1) is 9.36. The van der Waals surface area contributed by atoms with Gasteiger partial charge in [0.2, 0.25) is 5.91 Å². The maximum Gasteiger partial charge on any atom is 0.338 e. The molecular weight excluding hydrogens is 390 g/mol. The van der Waals surface area contributed by atoms with Crippen molar-refractivity contribution in [2.75, 3.05) is 11.9 Å². The molecule has 1 unspecified atom stereocenters. The van der Waals surface area contributed by atoms with Crippen LogP contribution in [0.2, 0.25) is 0 Å². The Morgan fingerprint density at radius 1 is 1.35 bits per heavy atom. The van der Waals surface area contributed by atoms with E-state index in [9.17, 15) is 9.59 Å². The summed E-state index contributed by atoms with van der Waals surface area (Å²) in [6.45, 7) is 5.99. The second kappa shape index (κ2) is 7.78. The van der Waals surface area contributed by atoms with Crippen LogP contribution in [0.5, 0.6) is 0 Å². The molecule has 0 heterocycles. The van der Waals surface area contributed by atoms with Crippen LogP contribution in [0, 0.1) is 5.92 Å². The summed E-state index contributed by atoms with van der Waals surface area (Å²) in [5.41, 5.74) is 1.06. The molecule has 1 aromatic carbocycles. The molecular formula is C14H17Br2NO3. The monoisotopic (exact) mass is 405 g/mol. The van der Waals surface area contributed by atoms with Gasteiger partial charge in [0.25, 0.3) is 0 Å². The summed E-state index contributed by atoms with van der Waals surface area (Å²) in [7, 11) is 0. The van der Waals surface area contributed by atoms with Gasteiger partial charge in [0.05, 0.1) is 22.7 Å². The highest BCUT2D eigenvalue weighted by Gasteiger charge is 2.19. The molecule has 0 saturated heterocycles. The van der Waals surface area contributed by atoms with E-state index in [1.54, 1.807) is 25.1 Å². The number of halogens is 2. The number of anilines is 1. The van der Waals surface area contributed by atoms with Gasteiger partial charge >= 0.3 is 5.97 Å². The number of hydrogen-bond donors (Lipinski definition) is 1. The van der Waals surface area contributed by atoms with Crippen LogP contribution in [0.1, 0.15) is 31.1 Å². The minimum absolute atomic E-state index is 0.121.